The summed E-state index contributed by atoms with van der Waals surface area (Å²) < 4.78 is 1.90. The van der Waals surface area contributed by atoms with Crippen LogP contribution < -0.4 is 5.32 Å². The van der Waals surface area contributed by atoms with E-state index in [4.69, 9.17) is 5.10 Å². The molecule has 1 aliphatic heterocycles. The van der Waals surface area contributed by atoms with Crippen molar-refractivity contribution in [3.05, 3.63) is 23.7 Å². The number of amides is 2. The first-order chi connectivity index (χ1) is 12.9. The number of fused-ring (bicyclic) bond motifs is 1. The van der Waals surface area contributed by atoms with Crippen molar-refractivity contribution in [2.75, 3.05) is 13.1 Å². The molecule has 7 heteroatoms. The summed E-state index contributed by atoms with van der Waals surface area (Å²) in [7, 11) is 0. The molecule has 0 bridgehead atoms. The second-order valence-electron chi connectivity index (χ2n) is 8.99. The topological polar surface area (TPSA) is 75.4 Å². The van der Waals surface area contributed by atoms with Gasteiger partial charge in [0.05, 0.1) is 5.69 Å². The normalized spacial score (nSPS) is 19.7. The molecule has 0 spiro atoms. The molecule has 1 aliphatic carbocycles. The molecule has 2 aliphatic rings. The van der Waals surface area contributed by atoms with Crippen molar-refractivity contribution in [1.29, 1.82) is 0 Å². The number of hydrogen-bond acceptors (Lipinski definition) is 4. The molecule has 2 amide bonds. The number of carbonyl (C=O) groups excluding carboxylic acids is 1. The van der Waals surface area contributed by atoms with Crippen molar-refractivity contribution in [2.24, 2.45) is 0 Å². The molecule has 4 rings (SSSR count). The van der Waals surface area contributed by atoms with Crippen molar-refractivity contribution >= 4 is 11.7 Å². The van der Waals surface area contributed by atoms with Gasteiger partial charge in [0.2, 0.25) is 0 Å². The molecular formula is C20H30N6O. The molecule has 0 atom stereocenters. The number of nitrogens with zero attached hydrogens (tertiary/aromatic N) is 5. The zero-order valence-corrected chi connectivity index (χ0v) is 16.6. The molecule has 0 unspecified atom stereocenters. The van der Waals surface area contributed by atoms with Crippen LogP contribution in [0.25, 0.3) is 5.65 Å². The fraction of sp³-hybridized carbons (Fsp3) is 0.700. The molecule has 7 nitrogen and oxygen atoms in total. The van der Waals surface area contributed by atoms with E-state index in [1.54, 1.807) is 0 Å². The first kappa shape index (κ1) is 18.2. The number of carbonyl (C=O) groups is 1. The van der Waals surface area contributed by atoms with Crippen LogP contribution in [-0.2, 0) is 5.41 Å². The van der Waals surface area contributed by atoms with Crippen LogP contribution in [0.3, 0.4) is 0 Å². The lowest BCUT2D eigenvalue weighted by Crippen LogP contribution is -2.47. The molecule has 146 valence electrons. The summed E-state index contributed by atoms with van der Waals surface area (Å²) in [5.74, 6) is 1.21. The summed E-state index contributed by atoms with van der Waals surface area (Å²) in [6.07, 6.45) is 6.51. The molecule has 3 heterocycles. The van der Waals surface area contributed by atoms with E-state index in [2.05, 4.69) is 36.3 Å². The maximum absolute atomic E-state index is 12.5. The van der Waals surface area contributed by atoms with Crippen LogP contribution in [0.4, 0.5) is 4.79 Å². The van der Waals surface area contributed by atoms with Crippen molar-refractivity contribution < 1.29 is 4.79 Å². The Hall–Kier alpha value is -2.18. The lowest BCUT2D eigenvalue weighted by molar-refractivity contribution is 0.176. The summed E-state index contributed by atoms with van der Waals surface area (Å²) in [6.45, 7) is 8.00. The minimum Gasteiger partial charge on any atom is -0.335 e. The zero-order valence-electron chi connectivity index (χ0n) is 16.6. The lowest BCUT2D eigenvalue weighted by Gasteiger charge is -2.32. The highest BCUT2D eigenvalue weighted by molar-refractivity contribution is 5.74. The van der Waals surface area contributed by atoms with Crippen molar-refractivity contribution in [3.63, 3.8) is 0 Å². The number of hydrogen-bond donors (Lipinski definition) is 1. The van der Waals surface area contributed by atoms with E-state index < -0.39 is 0 Å². The summed E-state index contributed by atoms with van der Waals surface area (Å²) in [6, 6.07) is 4.49. The van der Waals surface area contributed by atoms with E-state index in [-0.39, 0.29) is 11.4 Å². The third kappa shape index (κ3) is 3.77. The van der Waals surface area contributed by atoms with Gasteiger partial charge in [-0.25, -0.2) is 4.79 Å². The molecule has 27 heavy (non-hydrogen) atoms. The predicted molar refractivity (Wildman–Crippen MR) is 104 cm³/mol. The predicted octanol–water partition coefficient (Wildman–Crippen LogP) is 3.25. The second kappa shape index (κ2) is 7.09. The minimum absolute atomic E-state index is 0.0164. The van der Waals surface area contributed by atoms with E-state index in [1.807, 2.05) is 21.5 Å². The van der Waals surface area contributed by atoms with Gasteiger partial charge in [-0.2, -0.15) is 9.61 Å². The largest absolute Gasteiger partial charge is 0.335 e. The number of urea groups is 1. The number of piperidine rings is 1. The highest BCUT2D eigenvalue weighted by atomic mass is 16.2. The van der Waals surface area contributed by atoms with E-state index in [9.17, 15) is 4.79 Å². The van der Waals surface area contributed by atoms with E-state index >= 15 is 0 Å². The quantitative estimate of drug-likeness (QED) is 0.880. The van der Waals surface area contributed by atoms with Gasteiger partial charge in [-0.3, -0.25) is 0 Å². The van der Waals surface area contributed by atoms with E-state index in [0.717, 1.165) is 55.9 Å². The van der Waals surface area contributed by atoms with E-state index in [1.165, 1.54) is 12.8 Å². The highest BCUT2D eigenvalue weighted by Gasteiger charge is 2.29. The third-order valence-corrected chi connectivity index (χ3v) is 5.89. The van der Waals surface area contributed by atoms with Gasteiger partial charge in [-0.05, 0) is 37.8 Å². The zero-order chi connectivity index (χ0) is 19.0. The molecule has 1 N–H and O–H groups in total. The Morgan fingerprint density at radius 3 is 2.44 bits per heavy atom. The SMILES string of the molecule is CC(C)(C)c1ccc2nnc(C3CCN(C(=O)NC4CCCC4)CC3)n2n1. The number of nitrogens with one attached hydrogen (secondary N) is 1. The Morgan fingerprint density at radius 1 is 1.07 bits per heavy atom. The lowest BCUT2D eigenvalue weighted by atomic mass is 9.92. The molecule has 2 aromatic heterocycles. The van der Waals surface area contributed by atoms with Gasteiger partial charge < -0.3 is 10.2 Å². The van der Waals surface area contributed by atoms with Gasteiger partial charge in [-0.15, -0.1) is 10.2 Å². The van der Waals surface area contributed by atoms with Crippen LogP contribution in [0.5, 0.6) is 0 Å². The summed E-state index contributed by atoms with van der Waals surface area (Å²) in [5, 5.41) is 16.7. The molecule has 1 saturated heterocycles. The van der Waals surface area contributed by atoms with Crippen LogP contribution in [0.15, 0.2) is 12.1 Å². The van der Waals surface area contributed by atoms with Gasteiger partial charge in [0.15, 0.2) is 11.5 Å². The fourth-order valence-electron chi connectivity index (χ4n) is 4.14. The summed E-state index contributed by atoms with van der Waals surface area (Å²) in [5.41, 5.74) is 1.81. The Bertz CT molecular complexity index is 809. The molecule has 2 aromatic rings. The standard InChI is InChI=1S/C20H30N6O/c1-20(2,3)16-8-9-17-22-23-18(26(17)24-16)14-10-12-25(13-11-14)19(27)21-15-6-4-5-7-15/h8-9,14-15H,4-7,10-13H2,1-3H3,(H,21,27). The van der Waals surface area contributed by atoms with Crippen LogP contribution in [0, 0.1) is 0 Å². The first-order valence-corrected chi connectivity index (χ1v) is 10.2. The van der Waals surface area contributed by atoms with Crippen LogP contribution in [0.1, 0.15) is 76.7 Å². The van der Waals surface area contributed by atoms with Crippen molar-refractivity contribution in [2.45, 2.75) is 76.7 Å². The van der Waals surface area contributed by atoms with E-state index in [0.29, 0.717) is 12.0 Å². The Balaban J connectivity index is 1.44. The van der Waals surface area contributed by atoms with Crippen LogP contribution in [0.2, 0.25) is 0 Å². The molecule has 0 radical (unpaired) electrons. The average Bonchev–Trinajstić information content (AvgIpc) is 3.30. The minimum atomic E-state index is -0.0164. The second-order valence-corrected chi connectivity index (χ2v) is 8.99. The average molecular weight is 371 g/mol. The van der Waals surface area contributed by atoms with Gasteiger partial charge in [0.25, 0.3) is 0 Å². The van der Waals surface area contributed by atoms with Gasteiger partial charge in [0.1, 0.15) is 0 Å². The fourth-order valence-corrected chi connectivity index (χ4v) is 4.14. The molecular weight excluding hydrogens is 340 g/mol. The smallest absolute Gasteiger partial charge is 0.317 e. The maximum Gasteiger partial charge on any atom is 0.317 e. The summed E-state index contributed by atoms with van der Waals surface area (Å²) in [4.78, 5) is 14.4. The summed E-state index contributed by atoms with van der Waals surface area (Å²) >= 11 is 0. The molecule has 1 saturated carbocycles. The molecule has 0 aromatic carbocycles. The molecule has 2 fully saturated rings. The number of likely N-dealkylation sites (tertiary alicyclic amines) is 1. The van der Waals surface area contributed by atoms with Crippen LogP contribution in [-0.4, -0.2) is 49.9 Å². The maximum atomic E-state index is 12.5. The van der Waals surface area contributed by atoms with Crippen molar-refractivity contribution in [1.82, 2.24) is 30.0 Å². The monoisotopic (exact) mass is 370 g/mol. The third-order valence-electron chi connectivity index (χ3n) is 5.89. The Morgan fingerprint density at radius 2 is 1.78 bits per heavy atom. The Labute approximate surface area is 160 Å². The van der Waals surface area contributed by atoms with Crippen LogP contribution >= 0.6 is 0 Å². The van der Waals surface area contributed by atoms with Gasteiger partial charge in [-0.1, -0.05) is 33.6 Å². The van der Waals surface area contributed by atoms with Crippen molar-refractivity contribution in [3.8, 4) is 0 Å². The first-order valence-electron chi connectivity index (χ1n) is 10.2. The Kier molecular flexibility index (Phi) is 4.78. The van der Waals surface area contributed by atoms with Gasteiger partial charge >= 0.3 is 6.03 Å². The van der Waals surface area contributed by atoms with Gasteiger partial charge in [0, 0.05) is 30.5 Å². The number of aromatic nitrogens is 4. The highest BCUT2D eigenvalue weighted by Crippen LogP contribution is 2.28. The number of rotatable bonds is 2.